The molecular weight excluding hydrogens is 328 g/mol. The van der Waals surface area contributed by atoms with Crippen LogP contribution in [0.3, 0.4) is 0 Å². The van der Waals surface area contributed by atoms with Crippen molar-refractivity contribution < 1.29 is 8.42 Å². The van der Waals surface area contributed by atoms with Gasteiger partial charge in [-0.05, 0) is 59.4 Å². The fourth-order valence-corrected chi connectivity index (χ4v) is 4.21. The first kappa shape index (κ1) is 15.0. The van der Waals surface area contributed by atoms with Crippen molar-refractivity contribution in [3.8, 4) is 0 Å². The van der Waals surface area contributed by atoms with Crippen molar-refractivity contribution in [2.75, 3.05) is 20.6 Å². The Morgan fingerprint density at radius 1 is 1.42 bits per heavy atom. The Kier molecular flexibility index (Phi) is 4.66. The summed E-state index contributed by atoms with van der Waals surface area (Å²) in [6, 6.07) is 5.45. The summed E-state index contributed by atoms with van der Waals surface area (Å²) in [5, 5.41) is 3.03. The van der Waals surface area contributed by atoms with Gasteiger partial charge in [-0.1, -0.05) is 6.07 Å². The zero-order valence-electron chi connectivity index (χ0n) is 11.2. The molecule has 1 aromatic carbocycles. The van der Waals surface area contributed by atoms with Crippen molar-refractivity contribution in [2.45, 2.75) is 24.3 Å². The minimum absolute atomic E-state index is 0.350. The van der Waals surface area contributed by atoms with Gasteiger partial charge in [0.1, 0.15) is 0 Å². The lowest BCUT2D eigenvalue weighted by Gasteiger charge is -2.18. The number of hydrogen-bond donors (Lipinski definition) is 1. The number of rotatable bonds is 6. The standard InChI is InChI=1S/C13H19BrN2O2S/c1-15-8-11-5-6-12(14)13(7-11)19(17,18)16(2)9-10-3-4-10/h5-7,10,15H,3-4,8-9H2,1-2H3. The lowest BCUT2D eigenvalue weighted by molar-refractivity contribution is 0.452. The van der Waals surface area contributed by atoms with E-state index in [1.165, 1.54) is 4.31 Å². The average Bonchev–Trinajstić information content (AvgIpc) is 3.15. The van der Waals surface area contributed by atoms with Gasteiger partial charge in [0.2, 0.25) is 10.0 Å². The van der Waals surface area contributed by atoms with Gasteiger partial charge < -0.3 is 5.32 Å². The maximum Gasteiger partial charge on any atom is 0.243 e. The van der Waals surface area contributed by atoms with Crippen molar-refractivity contribution >= 4 is 26.0 Å². The number of nitrogens with zero attached hydrogens (tertiary/aromatic N) is 1. The van der Waals surface area contributed by atoms with Crippen molar-refractivity contribution in [3.63, 3.8) is 0 Å². The van der Waals surface area contributed by atoms with Crippen LogP contribution in [0.2, 0.25) is 0 Å². The van der Waals surface area contributed by atoms with E-state index in [0.717, 1.165) is 18.4 Å². The molecular formula is C13H19BrN2O2S. The molecule has 19 heavy (non-hydrogen) atoms. The molecule has 6 heteroatoms. The monoisotopic (exact) mass is 346 g/mol. The van der Waals surface area contributed by atoms with Crippen LogP contribution in [0.1, 0.15) is 18.4 Å². The number of benzene rings is 1. The van der Waals surface area contributed by atoms with Crippen molar-refractivity contribution in [1.82, 2.24) is 9.62 Å². The Balaban J connectivity index is 2.29. The predicted octanol–water partition coefficient (Wildman–Crippen LogP) is 2.20. The lowest BCUT2D eigenvalue weighted by Crippen LogP contribution is -2.29. The average molecular weight is 347 g/mol. The molecule has 1 aromatic rings. The van der Waals surface area contributed by atoms with E-state index < -0.39 is 10.0 Å². The smallest absolute Gasteiger partial charge is 0.243 e. The van der Waals surface area contributed by atoms with Crippen LogP contribution in [0.15, 0.2) is 27.6 Å². The van der Waals surface area contributed by atoms with Gasteiger partial charge in [-0.15, -0.1) is 0 Å². The molecule has 0 heterocycles. The van der Waals surface area contributed by atoms with E-state index in [1.54, 1.807) is 19.2 Å². The molecule has 0 aromatic heterocycles. The second kappa shape index (κ2) is 5.91. The molecule has 0 bridgehead atoms. The quantitative estimate of drug-likeness (QED) is 0.858. The third-order valence-electron chi connectivity index (χ3n) is 3.28. The van der Waals surface area contributed by atoms with E-state index in [4.69, 9.17) is 0 Å². The molecule has 0 atom stereocenters. The van der Waals surface area contributed by atoms with Crippen molar-refractivity contribution in [2.24, 2.45) is 5.92 Å². The highest BCUT2D eigenvalue weighted by Gasteiger charge is 2.30. The van der Waals surface area contributed by atoms with Gasteiger partial charge in [0.15, 0.2) is 0 Å². The SMILES string of the molecule is CNCc1ccc(Br)c(S(=O)(=O)N(C)CC2CC2)c1. The number of halogens is 1. The van der Waals surface area contributed by atoms with Gasteiger partial charge in [-0.2, -0.15) is 0 Å². The van der Waals surface area contributed by atoms with Gasteiger partial charge in [-0.3, -0.25) is 0 Å². The molecule has 1 saturated carbocycles. The molecule has 1 aliphatic rings. The molecule has 106 valence electrons. The summed E-state index contributed by atoms with van der Waals surface area (Å²) in [6.45, 7) is 1.27. The van der Waals surface area contributed by atoms with Crippen LogP contribution >= 0.6 is 15.9 Å². The predicted molar refractivity (Wildman–Crippen MR) is 79.4 cm³/mol. The molecule has 0 saturated heterocycles. The van der Waals surface area contributed by atoms with E-state index in [-0.39, 0.29) is 0 Å². The van der Waals surface area contributed by atoms with Gasteiger partial charge >= 0.3 is 0 Å². The van der Waals surface area contributed by atoms with Crippen molar-refractivity contribution in [3.05, 3.63) is 28.2 Å². The Bertz CT molecular complexity index is 556. The third-order valence-corrected chi connectivity index (χ3v) is 6.09. The van der Waals surface area contributed by atoms with Gasteiger partial charge in [0.05, 0.1) is 4.90 Å². The Labute approximate surface area is 123 Å². The fourth-order valence-electron chi connectivity index (χ4n) is 1.99. The molecule has 0 spiro atoms. The second-order valence-electron chi connectivity index (χ2n) is 5.02. The molecule has 1 fully saturated rings. The van der Waals surface area contributed by atoms with Crippen LogP contribution in [-0.2, 0) is 16.6 Å². The third kappa shape index (κ3) is 3.56. The number of hydrogen-bond acceptors (Lipinski definition) is 3. The zero-order valence-corrected chi connectivity index (χ0v) is 13.6. The highest BCUT2D eigenvalue weighted by atomic mass is 79.9. The molecule has 0 aliphatic heterocycles. The normalized spacial score (nSPS) is 16.0. The molecule has 0 unspecified atom stereocenters. The summed E-state index contributed by atoms with van der Waals surface area (Å²) in [7, 11) is 0.0934. The van der Waals surface area contributed by atoms with E-state index in [1.807, 2.05) is 13.1 Å². The zero-order chi connectivity index (χ0) is 14.0. The summed E-state index contributed by atoms with van der Waals surface area (Å²) >= 11 is 3.34. The van der Waals surface area contributed by atoms with E-state index >= 15 is 0 Å². The van der Waals surface area contributed by atoms with E-state index in [2.05, 4.69) is 21.2 Å². The first-order chi connectivity index (χ1) is 8.95. The number of sulfonamides is 1. The van der Waals surface area contributed by atoms with Gasteiger partial charge in [0, 0.05) is 24.6 Å². The van der Waals surface area contributed by atoms with Gasteiger partial charge in [-0.25, -0.2) is 12.7 Å². The van der Waals surface area contributed by atoms with Crippen LogP contribution in [0.25, 0.3) is 0 Å². The van der Waals surface area contributed by atoms with Crippen LogP contribution in [0, 0.1) is 5.92 Å². The number of nitrogens with one attached hydrogen (secondary N) is 1. The summed E-state index contributed by atoms with van der Waals surface area (Å²) < 4.78 is 27.2. The van der Waals surface area contributed by atoms with Crippen LogP contribution in [-0.4, -0.2) is 33.4 Å². The van der Waals surface area contributed by atoms with Crippen LogP contribution in [0.4, 0.5) is 0 Å². The fraction of sp³-hybridized carbons (Fsp3) is 0.538. The maximum absolute atomic E-state index is 12.5. The van der Waals surface area contributed by atoms with Crippen LogP contribution in [0.5, 0.6) is 0 Å². The molecule has 0 amide bonds. The molecule has 4 nitrogen and oxygen atoms in total. The largest absolute Gasteiger partial charge is 0.316 e. The topological polar surface area (TPSA) is 49.4 Å². The lowest BCUT2D eigenvalue weighted by atomic mass is 10.2. The minimum Gasteiger partial charge on any atom is -0.316 e. The molecule has 2 rings (SSSR count). The Morgan fingerprint density at radius 3 is 2.68 bits per heavy atom. The van der Waals surface area contributed by atoms with Crippen molar-refractivity contribution in [1.29, 1.82) is 0 Å². The molecule has 0 radical (unpaired) electrons. The summed E-state index contributed by atoms with van der Waals surface area (Å²) in [5.74, 6) is 0.541. The van der Waals surface area contributed by atoms with E-state index in [0.29, 0.717) is 28.4 Å². The van der Waals surface area contributed by atoms with Crippen LogP contribution < -0.4 is 5.32 Å². The maximum atomic E-state index is 12.5. The van der Waals surface area contributed by atoms with Gasteiger partial charge in [0.25, 0.3) is 0 Å². The summed E-state index contributed by atoms with van der Waals surface area (Å²) in [4.78, 5) is 0.350. The Morgan fingerprint density at radius 2 is 2.11 bits per heavy atom. The highest BCUT2D eigenvalue weighted by Crippen LogP contribution is 2.32. The summed E-state index contributed by atoms with van der Waals surface area (Å²) in [6.07, 6.45) is 2.28. The summed E-state index contributed by atoms with van der Waals surface area (Å²) in [5.41, 5.74) is 0.962. The Hall–Kier alpha value is -0.430. The van der Waals surface area contributed by atoms with E-state index in [9.17, 15) is 8.42 Å². The first-order valence-electron chi connectivity index (χ1n) is 6.34. The minimum atomic E-state index is -3.41. The first-order valence-corrected chi connectivity index (χ1v) is 8.58. The molecule has 1 aliphatic carbocycles. The second-order valence-corrected chi connectivity index (χ2v) is 7.89. The highest BCUT2D eigenvalue weighted by molar-refractivity contribution is 9.10. The molecule has 1 N–H and O–H groups in total.